The van der Waals surface area contributed by atoms with E-state index in [9.17, 15) is 4.79 Å². The Bertz CT molecular complexity index is 1890. The van der Waals surface area contributed by atoms with Crippen LogP contribution in [0.5, 0.6) is 0 Å². The van der Waals surface area contributed by atoms with Gasteiger partial charge in [-0.25, -0.2) is 0 Å². The molecule has 1 radical (unpaired) electrons. The summed E-state index contributed by atoms with van der Waals surface area (Å²) >= 11 is 0. The monoisotopic (exact) mass is 703 g/mol. The number of rotatable bonds is 2. The standard InChI is InChI=1S/C31H24N.C5H8O2.Ir/c1-31(2,3)22-13-14-24-21(18-22)12-16-29-27(24)15-17-30(32-29)28-19-20-8-4-5-9-23(20)25-10-6-7-11-26(25)28;1-4(6)3-5(2)7;/h4-18H,1-3H3;3,6H,1-2H3;/q-1;;/b;4-3-;. The summed E-state index contributed by atoms with van der Waals surface area (Å²) in [6.07, 6.45) is 1.17. The predicted octanol–water partition coefficient (Wildman–Crippen LogP) is 9.49. The van der Waals surface area contributed by atoms with Crippen molar-refractivity contribution in [3.63, 3.8) is 0 Å². The zero-order chi connectivity index (χ0) is 27.7. The van der Waals surface area contributed by atoms with E-state index in [1.165, 1.54) is 57.8 Å². The molecular formula is C36H32IrNO2-. The number of carbonyl (C=O) groups is 1. The molecule has 4 heteroatoms. The van der Waals surface area contributed by atoms with Crippen molar-refractivity contribution < 1.29 is 30.0 Å². The van der Waals surface area contributed by atoms with Gasteiger partial charge >= 0.3 is 0 Å². The number of allylic oxidation sites excluding steroid dienone is 2. The second-order valence-electron chi connectivity index (χ2n) is 11.0. The number of aliphatic hydroxyl groups is 1. The second-order valence-corrected chi connectivity index (χ2v) is 11.0. The van der Waals surface area contributed by atoms with Crippen LogP contribution in [0.15, 0.2) is 103 Å². The van der Waals surface area contributed by atoms with Crippen LogP contribution in [-0.4, -0.2) is 15.9 Å². The number of hydrogen-bond donors (Lipinski definition) is 1. The van der Waals surface area contributed by atoms with Crippen molar-refractivity contribution in [3.05, 3.63) is 114 Å². The molecule has 0 unspecified atom stereocenters. The van der Waals surface area contributed by atoms with Crippen LogP contribution in [0.4, 0.5) is 0 Å². The van der Waals surface area contributed by atoms with Gasteiger partial charge in [0.05, 0.1) is 11.3 Å². The van der Waals surface area contributed by atoms with Crippen molar-refractivity contribution in [1.29, 1.82) is 0 Å². The molecule has 6 rings (SSSR count). The fraction of sp³-hybridized carbons (Fsp3) is 0.167. The smallest absolute Gasteiger partial charge is 0.155 e. The van der Waals surface area contributed by atoms with Crippen LogP contribution in [0.2, 0.25) is 0 Å². The van der Waals surface area contributed by atoms with Crippen LogP contribution >= 0.6 is 0 Å². The van der Waals surface area contributed by atoms with Gasteiger partial charge < -0.3 is 5.11 Å². The van der Waals surface area contributed by atoms with Crippen molar-refractivity contribution in [2.45, 2.75) is 40.0 Å². The van der Waals surface area contributed by atoms with Crippen LogP contribution in [0.25, 0.3) is 54.5 Å². The first-order valence-electron chi connectivity index (χ1n) is 13.2. The molecule has 1 heterocycles. The molecule has 1 aromatic heterocycles. The number of carbonyl (C=O) groups excluding carboxylic acids is 1. The second kappa shape index (κ2) is 11.7. The molecule has 0 fully saturated rings. The van der Waals surface area contributed by atoms with Gasteiger partial charge in [0, 0.05) is 37.3 Å². The Kier molecular flexibility index (Phi) is 8.54. The summed E-state index contributed by atoms with van der Waals surface area (Å²) in [5.74, 6) is -0.0625. The quantitative estimate of drug-likeness (QED) is 0.0847. The van der Waals surface area contributed by atoms with Crippen LogP contribution in [0, 0.1) is 6.07 Å². The first-order chi connectivity index (χ1) is 18.6. The largest absolute Gasteiger partial charge is 0.512 e. The van der Waals surface area contributed by atoms with Crippen molar-refractivity contribution in [2.24, 2.45) is 0 Å². The summed E-state index contributed by atoms with van der Waals surface area (Å²) in [5, 5.41) is 16.9. The number of ketones is 1. The van der Waals surface area contributed by atoms with E-state index in [0.29, 0.717) is 0 Å². The van der Waals surface area contributed by atoms with Crippen LogP contribution in [0.3, 0.4) is 0 Å². The summed E-state index contributed by atoms with van der Waals surface area (Å²) in [5.41, 5.74) is 4.53. The van der Waals surface area contributed by atoms with Crippen LogP contribution < -0.4 is 0 Å². The predicted molar refractivity (Wildman–Crippen MR) is 164 cm³/mol. The Morgan fingerprint density at radius 1 is 0.775 bits per heavy atom. The zero-order valence-corrected chi connectivity index (χ0v) is 25.8. The number of aliphatic hydroxyl groups excluding tert-OH is 1. The Morgan fingerprint density at radius 3 is 2.08 bits per heavy atom. The van der Waals surface area contributed by atoms with E-state index >= 15 is 0 Å². The fourth-order valence-corrected chi connectivity index (χ4v) is 5.01. The van der Waals surface area contributed by atoms with Gasteiger partial charge in [-0.1, -0.05) is 121 Å². The summed E-state index contributed by atoms with van der Waals surface area (Å²) in [4.78, 5) is 15.1. The maximum absolute atomic E-state index is 10.0. The molecule has 0 aliphatic heterocycles. The van der Waals surface area contributed by atoms with Gasteiger partial charge in [-0.2, -0.15) is 0 Å². The van der Waals surface area contributed by atoms with Crippen molar-refractivity contribution in [3.8, 4) is 11.3 Å². The number of benzene rings is 5. The first kappa shape index (κ1) is 29.1. The van der Waals surface area contributed by atoms with E-state index in [4.69, 9.17) is 10.1 Å². The molecule has 0 aliphatic rings. The van der Waals surface area contributed by atoms with Gasteiger partial charge in [-0.15, -0.1) is 17.5 Å². The number of fused-ring (bicyclic) bond motifs is 6. The SMILES string of the molecule is CC(=O)/C=C(/C)O.CC(C)(C)c1ccc2c(ccc3nc(-c4[c-]c5ccccc5c5ccccc45)ccc32)c1.[Ir]. The van der Waals surface area contributed by atoms with Crippen LogP contribution in [0.1, 0.15) is 40.2 Å². The molecule has 3 nitrogen and oxygen atoms in total. The molecule has 1 N–H and O–H groups in total. The molecule has 0 spiro atoms. The molecule has 0 saturated carbocycles. The summed E-state index contributed by atoms with van der Waals surface area (Å²) < 4.78 is 0. The Balaban J connectivity index is 0.000000413. The molecule has 0 aliphatic carbocycles. The van der Waals surface area contributed by atoms with Crippen molar-refractivity contribution >= 4 is 49.0 Å². The molecule has 5 aromatic carbocycles. The molecule has 0 saturated heterocycles. The average Bonchev–Trinajstić information content (AvgIpc) is 2.91. The average molecular weight is 703 g/mol. The molecule has 0 atom stereocenters. The van der Waals surface area contributed by atoms with E-state index in [2.05, 4.69) is 118 Å². The summed E-state index contributed by atoms with van der Waals surface area (Å²) in [6.45, 7) is 9.62. The number of hydrogen-bond acceptors (Lipinski definition) is 3. The van der Waals surface area contributed by atoms with Crippen molar-refractivity contribution in [2.75, 3.05) is 0 Å². The van der Waals surface area contributed by atoms with E-state index in [0.717, 1.165) is 22.2 Å². The molecule has 203 valence electrons. The normalized spacial score (nSPS) is 11.8. The third kappa shape index (κ3) is 5.99. The number of pyridine rings is 1. The number of nitrogens with zero attached hydrogens (tertiary/aromatic N) is 1. The summed E-state index contributed by atoms with van der Waals surface area (Å²) in [7, 11) is 0. The first-order valence-corrected chi connectivity index (χ1v) is 13.2. The van der Waals surface area contributed by atoms with Gasteiger partial charge in [0.2, 0.25) is 0 Å². The fourth-order valence-electron chi connectivity index (χ4n) is 5.01. The van der Waals surface area contributed by atoms with Crippen LogP contribution in [-0.2, 0) is 30.3 Å². The van der Waals surface area contributed by atoms with E-state index < -0.39 is 0 Å². The van der Waals surface area contributed by atoms with Gasteiger partial charge in [-0.3, -0.25) is 9.78 Å². The Hall–Kier alpha value is -3.85. The van der Waals surface area contributed by atoms with Gasteiger partial charge in [0.15, 0.2) is 5.78 Å². The van der Waals surface area contributed by atoms with Crippen molar-refractivity contribution in [1.82, 2.24) is 4.98 Å². The minimum absolute atomic E-state index is 0. The van der Waals surface area contributed by atoms with Gasteiger partial charge in [-0.05, 0) is 41.7 Å². The van der Waals surface area contributed by atoms with E-state index in [-0.39, 0.29) is 37.1 Å². The molecule has 6 aromatic rings. The zero-order valence-electron chi connectivity index (χ0n) is 23.4. The van der Waals surface area contributed by atoms with E-state index in [1.54, 1.807) is 0 Å². The van der Waals surface area contributed by atoms with E-state index in [1.807, 2.05) is 0 Å². The third-order valence-corrected chi connectivity index (χ3v) is 6.89. The topological polar surface area (TPSA) is 50.2 Å². The third-order valence-electron chi connectivity index (χ3n) is 6.89. The maximum atomic E-state index is 10.0. The summed E-state index contributed by atoms with van der Waals surface area (Å²) in [6, 6.07) is 36.2. The van der Waals surface area contributed by atoms with Gasteiger partial charge in [0.1, 0.15) is 0 Å². The molecule has 0 amide bonds. The van der Waals surface area contributed by atoms with Gasteiger partial charge in [0.25, 0.3) is 0 Å². The molecule has 40 heavy (non-hydrogen) atoms. The minimum atomic E-state index is -0.125. The molecule has 0 bridgehead atoms. The Labute approximate surface area is 248 Å². The number of aromatic nitrogens is 1. The molecular weight excluding hydrogens is 671 g/mol. The Morgan fingerprint density at radius 2 is 1.43 bits per heavy atom. The minimum Gasteiger partial charge on any atom is -0.512 e. The maximum Gasteiger partial charge on any atom is 0.155 e.